The summed E-state index contributed by atoms with van der Waals surface area (Å²) in [6, 6.07) is 21.2. The van der Waals surface area contributed by atoms with Gasteiger partial charge in [-0.05, 0) is 55.0 Å². The van der Waals surface area contributed by atoms with E-state index in [0.717, 1.165) is 5.39 Å². The average Bonchev–Trinajstić information content (AvgIpc) is 3.34. The van der Waals surface area contributed by atoms with E-state index in [1.54, 1.807) is 42.5 Å². The fourth-order valence-corrected chi connectivity index (χ4v) is 3.38. The zero-order valence-electron chi connectivity index (χ0n) is 19.8. The van der Waals surface area contributed by atoms with Crippen molar-refractivity contribution in [3.63, 3.8) is 0 Å². The topological polar surface area (TPSA) is 111 Å². The molecule has 0 spiro atoms. The molecular formula is C27H25N3O6. The average molecular weight is 488 g/mol. The predicted molar refractivity (Wildman–Crippen MR) is 136 cm³/mol. The van der Waals surface area contributed by atoms with Gasteiger partial charge in [0.25, 0.3) is 5.91 Å². The summed E-state index contributed by atoms with van der Waals surface area (Å²) in [5.41, 5.74) is 4.28. The third kappa shape index (κ3) is 6.01. The molecule has 0 saturated heterocycles. The molecule has 0 bridgehead atoms. The van der Waals surface area contributed by atoms with Gasteiger partial charge in [0.05, 0.1) is 19.9 Å². The number of furan rings is 1. The van der Waals surface area contributed by atoms with Crippen molar-refractivity contribution in [2.75, 3.05) is 25.6 Å². The van der Waals surface area contributed by atoms with Gasteiger partial charge in [-0.25, -0.2) is 5.43 Å². The molecular weight excluding hydrogens is 462 g/mol. The molecule has 184 valence electrons. The van der Waals surface area contributed by atoms with Crippen LogP contribution >= 0.6 is 0 Å². The zero-order chi connectivity index (χ0) is 25.3. The number of hydrazone groups is 1. The Bertz CT molecular complexity index is 1380. The van der Waals surface area contributed by atoms with Gasteiger partial charge in [0.1, 0.15) is 0 Å². The Labute approximate surface area is 207 Å². The van der Waals surface area contributed by atoms with Gasteiger partial charge < -0.3 is 23.9 Å². The molecule has 0 radical (unpaired) electrons. The quantitative estimate of drug-likeness (QED) is 0.249. The van der Waals surface area contributed by atoms with E-state index in [2.05, 4.69) is 15.8 Å². The second-order valence-electron chi connectivity index (χ2n) is 7.53. The van der Waals surface area contributed by atoms with Crippen LogP contribution in [0.1, 0.15) is 23.0 Å². The monoisotopic (exact) mass is 487 g/mol. The van der Waals surface area contributed by atoms with Crippen LogP contribution in [0.15, 0.2) is 82.3 Å². The number of methoxy groups -OCH3 is 1. The molecule has 2 amide bonds. The van der Waals surface area contributed by atoms with Crippen molar-refractivity contribution in [3.05, 3.63) is 84.1 Å². The van der Waals surface area contributed by atoms with Crippen LogP contribution in [0.25, 0.3) is 11.0 Å². The molecule has 1 aromatic heterocycles. The van der Waals surface area contributed by atoms with Crippen molar-refractivity contribution >= 4 is 34.7 Å². The summed E-state index contributed by atoms with van der Waals surface area (Å²) in [4.78, 5) is 24.6. The first kappa shape index (κ1) is 24.3. The van der Waals surface area contributed by atoms with Gasteiger partial charge in [-0.15, -0.1) is 0 Å². The first-order chi connectivity index (χ1) is 17.6. The lowest BCUT2D eigenvalue weighted by Crippen LogP contribution is -2.20. The van der Waals surface area contributed by atoms with E-state index in [9.17, 15) is 9.59 Å². The molecule has 0 aliphatic rings. The highest BCUT2D eigenvalue weighted by Gasteiger charge is 2.14. The third-order valence-corrected chi connectivity index (χ3v) is 5.02. The van der Waals surface area contributed by atoms with Crippen LogP contribution < -0.4 is 25.0 Å². The maximum Gasteiger partial charge on any atom is 0.307 e. The van der Waals surface area contributed by atoms with Crippen molar-refractivity contribution in [1.29, 1.82) is 0 Å². The van der Waals surface area contributed by atoms with E-state index in [-0.39, 0.29) is 18.3 Å². The highest BCUT2D eigenvalue weighted by atomic mass is 16.5. The Kier molecular flexibility index (Phi) is 7.82. The van der Waals surface area contributed by atoms with Gasteiger partial charge in [0, 0.05) is 11.1 Å². The van der Waals surface area contributed by atoms with Crippen LogP contribution in [0, 0.1) is 0 Å². The number of rotatable bonds is 10. The van der Waals surface area contributed by atoms with Crippen molar-refractivity contribution in [3.8, 4) is 17.2 Å². The Hall–Kier alpha value is -4.79. The minimum absolute atomic E-state index is 0.110. The number of fused-ring (bicyclic) bond motifs is 1. The van der Waals surface area contributed by atoms with Crippen molar-refractivity contribution < 1.29 is 28.2 Å². The lowest BCUT2D eigenvalue weighted by Gasteiger charge is -2.12. The number of benzene rings is 3. The molecule has 0 saturated carbocycles. The summed E-state index contributed by atoms with van der Waals surface area (Å²) in [5, 5.41) is 7.52. The van der Waals surface area contributed by atoms with Crippen LogP contribution in [0.2, 0.25) is 0 Å². The lowest BCUT2D eigenvalue weighted by molar-refractivity contribution is -0.118. The number of carbonyl (C=O) groups excluding carboxylic acids is 2. The Morgan fingerprint density at radius 3 is 2.56 bits per heavy atom. The maximum atomic E-state index is 12.5. The SMILES string of the molecule is CCOc1cc(/C=N\NC(=O)c2cc3cccc(OC)c3o2)ccc1OCC(=O)Nc1ccccc1. The number of ether oxygens (including phenoxy) is 3. The van der Waals surface area contributed by atoms with E-state index < -0.39 is 5.91 Å². The Morgan fingerprint density at radius 2 is 1.78 bits per heavy atom. The number of amides is 2. The van der Waals surface area contributed by atoms with Gasteiger partial charge in [0.15, 0.2) is 35.2 Å². The van der Waals surface area contributed by atoms with Gasteiger partial charge >= 0.3 is 5.91 Å². The smallest absolute Gasteiger partial charge is 0.307 e. The summed E-state index contributed by atoms with van der Waals surface area (Å²) < 4.78 is 22.2. The predicted octanol–water partition coefficient (Wildman–Crippen LogP) is 4.62. The molecule has 0 unspecified atom stereocenters. The van der Waals surface area contributed by atoms with Crippen molar-refractivity contribution in [2.45, 2.75) is 6.92 Å². The van der Waals surface area contributed by atoms with Gasteiger partial charge in [-0.2, -0.15) is 5.10 Å². The number of nitrogens with zero attached hydrogens (tertiary/aromatic N) is 1. The molecule has 4 rings (SSSR count). The summed E-state index contributed by atoms with van der Waals surface area (Å²) in [6.45, 7) is 2.06. The standard InChI is InChI=1S/C27H25N3O6/c1-3-34-23-14-18(12-13-21(23)35-17-25(31)29-20-9-5-4-6-10-20)16-28-30-27(32)24-15-19-8-7-11-22(33-2)26(19)36-24/h4-16H,3,17H2,1-2H3,(H,29,31)(H,30,32)/b28-16-. The van der Waals surface area contributed by atoms with Crippen LogP contribution in [0.3, 0.4) is 0 Å². The molecule has 9 heteroatoms. The molecule has 0 aliphatic carbocycles. The summed E-state index contributed by atoms with van der Waals surface area (Å²) >= 11 is 0. The van der Waals surface area contributed by atoms with Gasteiger partial charge in [-0.1, -0.05) is 30.3 Å². The summed E-state index contributed by atoms with van der Waals surface area (Å²) in [6.07, 6.45) is 1.47. The number of hydrogen-bond donors (Lipinski definition) is 2. The fraction of sp³-hybridized carbons (Fsp3) is 0.148. The van der Waals surface area contributed by atoms with Crippen LogP contribution in [0.4, 0.5) is 5.69 Å². The molecule has 0 aliphatic heterocycles. The van der Waals surface area contributed by atoms with Gasteiger partial charge in [-0.3, -0.25) is 9.59 Å². The largest absolute Gasteiger partial charge is 0.493 e. The number of anilines is 1. The number of carbonyl (C=O) groups is 2. The normalized spacial score (nSPS) is 10.8. The van der Waals surface area contributed by atoms with Crippen LogP contribution in [0.5, 0.6) is 17.2 Å². The molecule has 4 aromatic rings. The first-order valence-electron chi connectivity index (χ1n) is 11.2. The van der Waals surface area contributed by atoms with Crippen LogP contribution in [-0.4, -0.2) is 38.4 Å². The van der Waals surface area contributed by atoms with Crippen molar-refractivity contribution in [2.24, 2.45) is 5.10 Å². The third-order valence-electron chi connectivity index (χ3n) is 5.02. The van der Waals surface area contributed by atoms with E-state index in [0.29, 0.717) is 40.7 Å². The Balaban J connectivity index is 1.38. The molecule has 1 heterocycles. The second kappa shape index (κ2) is 11.6. The second-order valence-corrected chi connectivity index (χ2v) is 7.53. The Morgan fingerprint density at radius 1 is 0.944 bits per heavy atom. The van der Waals surface area contributed by atoms with E-state index in [4.69, 9.17) is 18.6 Å². The maximum absolute atomic E-state index is 12.5. The highest BCUT2D eigenvalue weighted by molar-refractivity contribution is 5.97. The lowest BCUT2D eigenvalue weighted by atomic mass is 10.2. The van der Waals surface area contributed by atoms with E-state index >= 15 is 0 Å². The number of hydrogen-bond acceptors (Lipinski definition) is 7. The van der Waals surface area contributed by atoms with E-state index in [1.807, 2.05) is 37.3 Å². The van der Waals surface area contributed by atoms with Crippen LogP contribution in [-0.2, 0) is 4.79 Å². The van der Waals surface area contributed by atoms with Gasteiger partial charge in [0.2, 0.25) is 0 Å². The molecule has 2 N–H and O–H groups in total. The molecule has 9 nitrogen and oxygen atoms in total. The van der Waals surface area contributed by atoms with Crippen molar-refractivity contribution in [1.82, 2.24) is 5.43 Å². The number of nitrogens with one attached hydrogen (secondary N) is 2. The molecule has 3 aromatic carbocycles. The zero-order valence-corrected chi connectivity index (χ0v) is 19.8. The first-order valence-corrected chi connectivity index (χ1v) is 11.2. The number of para-hydroxylation sites is 2. The minimum atomic E-state index is -0.501. The minimum Gasteiger partial charge on any atom is -0.493 e. The fourth-order valence-electron chi connectivity index (χ4n) is 3.38. The summed E-state index contributed by atoms with van der Waals surface area (Å²) in [5.74, 6) is 0.721. The highest BCUT2D eigenvalue weighted by Crippen LogP contribution is 2.29. The summed E-state index contributed by atoms with van der Waals surface area (Å²) in [7, 11) is 1.54. The molecule has 0 fully saturated rings. The molecule has 36 heavy (non-hydrogen) atoms. The molecule has 0 atom stereocenters. The van der Waals surface area contributed by atoms with E-state index in [1.165, 1.54) is 13.3 Å².